The van der Waals surface area contributed by atoms with Gasteiger partial charge in [-0.25, -0.2) is 0 Å². The van der Waals surface area contributed by atoms with Gasteiger partial charge in [-0.15, -0.1) is 0 Å². The second kappa shape index (κ2) is 5.85. The number of rotatable bonds is 3. The first-order valence-electron chi connectivity index (χ1n) is 6.67. The van der Waals surface area contributed by atoms with Gasteiger partial charge in [0.15, 0.2) is 0 Å². The van der Waals surface area contributed by atoms with Crippen molar-refractivity contribution >= 4 is 11.5 Å². The fourth-order valence-corrected chi connectivity index (χ4v) is 2.42. The van der Waals surface area contributed by atoms with Gasteiger partial charge in [-0.3, -0.25) is 4.79 Å². The first-order chi connectivity index (χ1) is 8.69. The van der Waals surface area contributed by atoms with Gasteiger partial charge in [0.2, 0.25) is 0 Å². The Balaban J connectivity index is 2.06. The van der Waals surface area contributed by atoms with Crippen LogP contribution >= 0.6 is 0 Å². The minimum absolute atomic E-state index is 0.273. The van der Waals surface area contributed by atoms with Crippen molar-refractivity contribution in [2.24, 2.45) is 5.92 Å². The maximum atomic E-state index is 10.8. The molecule has 2 nitrogen and oxygen atoms in total. The Labute approximate surface area is 109 Å². The smallest absolute Gasteiger partial charge is 0.308 e. The van der Waals surface area contributed by atoms with E-state index in [1.807, 2.05) is 24.3 Å². The number of hydrogen-bond donors (Lipinski definition) is 0. The third-order valence-corrected chi connectivity index (χ3v) is 3.58. The van der Waals surface area contributed by atoms with Crippen molar-refractivity contribution in [3.8, 4) is 5.75 Å². The first-order valence-corrected chi connectivity index (χ1v) is 6.67. The molecule has 0 amide bonds. The Morgan fingerprint density at radius 1 is 1.33 bits per heavy atom. The second-order valence-corrected chi connectivity index (χ2v) is 4.90. The van der Waals surface area contributed by atoms with E-state index in [-0.39, 0.29) is 5.97 Å². The molecule has 2 rings (SSSR count). The molecule has 0 N–H and O–H groups in total. The van der Waals surface area contributed by atoms with Crippen LogP contribution < -0.4 is 4.74 Å². The van der Waals surface area contributed by atoms with Crippen molar-refractivity contribution in [3.63, 3.8) is 0 Å². The van der Waals surface area contributed by atoms with Crippen LogP contribution in [0.5, 0.6) is 5.75 Å². The summed E-state index contributed by atoms with van der Waals surface area (Å²) in [7, 11) is 0. The topological polar surface area (TPSA) is 26.3 Å². The largest absolute Gasteiger partial charge is 0.427 e. The fourth-order valence-electron chi connectivity index (χ4n) is 2.42. The van der Waals surface area contributed by atoms with Gasteiger partial charge in [0.25, 0.3) is 0 Å². The van der Waals surface area contributed by atoms with Crippen LogP contribution in [0.2, 0.25) is 0 Å². The maximum absolute atomic E-state index is 10.8. The molecule has 1 aromatic carbocycles. The third-order valence-electron chi connectivity index (χ3n) is 3.58. The predicted molar refractivity (Wildman–Crippen MR) is 73.4 cm³/mol. The highest BCUT2D eigenvalue weighted by Gasteiger charge is 2.13. The molecule has 0 saturated carbocycles. The van der Waals surface area contributed by atoms with Crippen LogP contribution in [0, 0.1) is 5.92 Å². The van der Waals surface area contributed by atoms with Gasteiger partial charge < -0.3 is 4.74 Å². The highest BCUT2D eigenvalue weighted by Crippen LogP contribution is 2.32. The molecular formula is C16H20O2. The van der Waals surface area contributed by atoms with Crippen molar-refractivity contribution in [1.29, 1.82) is 0 Å². The van der Waals surface area contributed by atoms with Crippen molar-refractivity contribution < 1.29 is 9.53 Å². The van der Waals surface area contributed by atoms with Gasteiger partial charge in [-0.2, -0.15) is 0 Å². The molecule has 0 saturated heterocycles. The van der Waals surface area contributed by atoms with E-state index < -0.39 is 0 Å². The van der Waals surface area contributed by atoms with E-state index in [4.69, 9.17) is 4.74 Å². The summed E-state index contributed by atoms with van der Waals surface area (Å²) < 4.78 is 5.03. The zero-order valence-corrected chi connectivity index (χ0v) is 11.1. The molecular weight excluding hydrogens is 224 g/mol. The van der Waals surface area contributed by atoms with Crippen molar-refractivity contribution in [2.75, 3.05) is 0 Å². The number of carbonyl (C=O) groups excluding carboxylic acids is 1. The van der Waals surface area contributed by atoms with Gasteiger partial charge in [0, 0.05) is 6.92 Å². The second-order valence-electron chi connectivity index (χ2n) is 4.90. The Kier molecular flexibility index (Phi) is 4.19. The molecule has 0 aliphatic heterocycles. The number of benzene rings is 1. The van der Waals surface area contributed by atoms with Crippen LogP contribution in [0.4, 0.5) is 0 Å². The van der Waals surface area contributed by atoms with Crippen LogP contribution in [-0.4, -0.2) is 5.97 Å². The molecule has 18 heavy (non-hydrogen) atoms. The minimum Gasteiger partial charge on any atom is -0.427 e. The zero-order chi connectivity index (χ0) is 13.0. The van der Waals surface area contributed by atoms with E-state index in [0.29, 0.717) is 5.75 Å². The summed E-state index contributed by atoms with van der Waals surface area (Å²) in [6.07, 6.45) is 7.27. The Morgan fingerprint density at radius 2 is 2.06 bits per heavy atom. The van der Waals surface area contributed by atoms with E-state index in [0.717, 1.165) is 12.3 Å². The summed E-state index contributed by atoms with van der Waals surface area (Å²) in [5, 5.41) is 0. The number of esters is 1. The summed E-state index contributed by atoms with van der Waals surface area (Å²) in [4.78, 5) is 10.8. The van der Waals surface area contributed by atoms with E-state index >= 15 is 0 Å². The lowest BCUT2D eigenvalue weighted by molar-refractivity contribution is -0.131. The fraction of sp³-hybridized carbons (Fsp3) is 0.438. The van der Waals surface area contributed by atoms with Crippen LogP contribution in [0.15, 0.2) is 30.3 Å². The summed E-state index contributed by atoms with van der Waals surface area (Å²) in [5.41, 5.74) is 2.68. The van der Waals surface area contributed by atoms with Gasteiger partial charge in [-0.05, 0) is 48.4 Å². The molecule has 1 atom stereocenters. The molecule has 1 aromatic rings. The van der Waals surface area contributed by atoms with E-state index in [1.54, 1.807) is 0 Å². The lowest BCUT2D eigenvalue weighted by Gasteiger charge is -2.20. The monoisotopic (exact) mass is 244 g/mol. The SMILES string of the molecule is CCC1CC=C(c2ccc(OC(C)=O)cc2)CC1. The van der Waals surface area contributed by atoms with Crippen molar-refractivity contribution in [3.05, 3.63) is 35.9 Å². The third kappa shape index (κ3) is 3.22. The quantitative estimate of drug-likeness (QED) is 0.588. The number of hydrogen-bond acceptors (Lipinski definition) is 2. The Morgan fingerprint density at radius 3 is 2.56 bits per heavy atom. The number of ether oxygens (including phenoxy) is 1. The molecule has 0 radical (unpaired) electrons. The number of allylic oxidation sites excluding steroid dienone is 2. The zero-order valence-electron chi connectivity index (χ0n) is 11.1. The molecule has 0 spiro atoms. The lowest BCUT2D eigenvalue weighted by Crippen LogP contribution is -2.04. The van der Waals surface area contributed by atoms with Crippen LogP contribution in [0.3, 0.4) is 0 Å². The first kappa shape index (κ1) is 12.9. The van der Waals surface area contributed by atoms with Gasteiger partial charge in [-0.1, -0.05) is 31.6 Å². The molecule has 0 heterocycles. The van der Waals surface area contributed by atoms with E-state index in [1.165, 1.54) is 37.3 Å². The summed E-state index contributed by atoms with van der Waals surface area (Å²) in [6, 6.07) is 7.81. The number of carbonyl (C=O) groups is 1. The normalized spacial score (nSPS) is 19.2. The van der Waals surface area contributed by atoms with Crippen LogP contribution in [0.25, 0.3) is 5.57 Å². The van der Waals surface area contributed by atoms with Crippen LogP contribution in [0.1, 0.15) is 45.1 Å². The Hall–Kier alpha value is -1.57. The molecule has 1 aliphatic rings. The predicted octanol–water partition coefficient (Wildman–Crippen LogP) is 4.21. The lowest BCUT2D eigenvalue weighted by atomic mass is 9.85. The minimum atomic E-state index is -0.273. The highest BCUT2D eigenvalue weighted by molar-refractivity contribution is 5.70. The average Bonchev–Trinajstić information content (AvgIpc) is 2.39. The summed E-state index contributed by atoms with van der Waals surface area (Å²) >= 11 is 0. The van der Waals surface area contributed by atoms with Crippen LogP contribution in [-0.2, 0) is 4.79 Å². The van der Waals surface area contributed by atoms with E-state index in [2.05, 4.69) is 13.0 Å². The molecule has 1 aliphatic carbocycles. The van der Waals surface area contributed by atoms with Crippen molar-refractivity contribution in [1.82, 2.24) is 0 Å². The van der Waals surface area contributed by atoms with Gasteiger partial charge >= 0.3 is 5.97 Å². The molecule has 0 aromatic heterocycles. The van der Waals surface area contributed by atoms with Gasteiger partial charge in [0.05, 0.1) is 0 Å². The molecule has 1 unspecified atom stereocenters. The van der Waals surface area contributed by atoms with Crippen molar-refractivity contribution in [2.45, 2.75) is 39.5 Å². The maximum Gasteiger partial charge on any atom is 0.308 e. The molecule has 2 heteroatoms. The average molecular weight is 244 g/mol. The Bertz CT molecular complexity index is 443. The van der Waals surface area contributed by atoms with E-state index in [9.17, 15) is 4.79 Å². The van der Waals surface area contributed by atoms with Gasteiger partial charge in [0.1, 0.15) is 5.75 Å². The summed E-state index contributed by atoms with van der Waals surface area (Å²) in [5.74, 6) is 1.20. The standard InChI is InChI=1S/C16H20O2/c1-3-13-4-6-14(7-5-13)15-8-10-16(11-9-15)18-12(2)17/h6,8-11,13H,3-5,7H2,1-2H3. The molecule has 96 valence electrons. The molecule has 0 fully saturated rings. The molecule has 0 bridgehead atoms. The highest BCUT2D eigenvalue weighted by atomic mass is 16.5. The summed E-state index contributed by atoms with van der Waals surface area (Å²) in [6.45, 7) is 3.68.